The number of aryl methyl sites for hydroxylation is 1. The van der Waals surface area contributed by atoms with Crippen LogP contribution in [0.1, 0.15) is 25.2 Å². The minimum atomic E-state index is -0.803. The Hall–Kier alpha value is -1.39. The summed E-state index contributed by atoms with van der Waals surface area (Å²) in [6, 6.07) is 0. The lowest BCUT2D eigenvalue weighted by atomic mass is 9.91. The highest BCUT2D eigenvalue weighted by molar-refractivity contribution is 5.70. The van der Waals surface area contributed by atoms with Crippen LogP contribution in [0.4, 0.5) is 0 Å². The molecule has 0 aromatic carbocycles. The largest absolute Gasteiger partial charge is 0.481 e. The van der Waals surface area contributed by atoms with Crippen LogP contribution in [0, 0.1) is 18.8 Å². The molecule has 0 fully saturated rings. The number of aromatic nitrogens is 2. The van der Waals surface area contributed by atoms with Crippen molar-refractivity contribution in [3.8, 4) is 0 Å². The SMILES string of the molecule is Cc1nonc1CC(C(=O)O)C(C)C. The zero-order valence-electron chi connectivity index (χ0n) is 8.52. The molecule has 0 saturated heterocycles. The molecule has 1 atom stereocenters. The highest BCUT2D eigenvalue weighted by atomic mass is 16.6. The molecule has 1 heterocycles. The van der Waals surface area contributed by atoms with E-state index in [2.05, 4.69) is 14.9 Å². The van der Waals surface area contributed by atoms with E-state index in [9.17, 15) is 4.79 Å². The van der Waals surface area contributed by atoms with Crippen molar-refractivity contribution in [2.75, 3.05) is 0 Å². The molecular weight excluding hydrogens is 184 g/mol. The van der Waals surface area contributed by atoms with E-state index in [-0.39, 0.29) is 5.92 Å². The zero-order chi connectivity index (χ0) is 10.7. The third-order valence-electron chi connectivity index (χ3n) is 2.28. The Bertz CT molecular complexity index is 320. The van der Waals surface area contributed by atoms with Crippen molar-refractivity contribution in [3.05, 3.63) is 11.4 Å². The average molecular weight is 198 g/mol. The molecule has 0 aliphatic rings. The number of carboxylic acids is 1. The predicted octanol–water partition coefficient (Wildman–Crippen LogP) is 1.28. The second-order valence-electron chi connectivity index (χ2n) is 3.69. The van der Waals surface area contributed by atoms with Gasteiger partial charge in [-0.1, -0.05) is 24.2 Å². The Morgan fingerprint density at radius 3 is 2.50 bits per heavy atom. The lowest BCUT2D eigenvalue weighted by Crippen LogP contribution is -2.22. The maximum absolute atomic E-state index is 10.9. The standard InChI is InChI=1S/C9H14N2O3/c1-5(2)7(9(12)13)4-8-6(3)10-14-11-8/h5,7H,4H2,1-3H3,(H,12,13). The minimum Gasteiger partial charge on any atom is -0.481 e. The second-order valence-corrected chi connectivity index (χ2v) is 3.69. The molecule has 1 unspecified atom stereocenters. The molecule has 0 amide bonds. The Balaban J connectivity index is 2.75. The van der Waals surface area contributed by atoms with Crippen molar-refractivity contribution in [2.45, 2.75) is 27.2 Å². The molecule has 0 spiro atoms. The van der Waals surface area contributed by atoms with Gasteiger partial charge in [0.2, 0.25) is 0 Å². The van der Waals surface area contributed by atoms with Gasteiger partial charge in [0, 0.05) is 6.42 Å². The van der Waals surface area contributed by atoms with Crippen LogP contribution in [0.15, 0.2) is 4.63 Å². The Morgan fingerprint density at radius 1 is 1.50 bits per heavy atom. The van der Waals surface area contributed by atoms with Gasteiger partial charge in [0.1, 0.15) is 11.4 Å². The number of rotatable bonds is 4. The van der Waals surface area contributed by atoms with E-state index in [0.29, 0.717) is 17.8 Å². The fraction of sp³-hybridized carbons (Fsp3) is 0.667. The third-order valence-corrected chi connectivity index (χ3v) is 2.28. The fourth-order valence-electron chi connectivity index (χ4n) is 1.25. The molecule has 1 aromatic rings. The van der Waals surface area contributed by atoms with Crippen molar-refractivity contribution in [2.24, 2.45) is 11.8 Å². The van der Waals surface area contributed by atoms with Crippen molar-refractivity contribution in [1.82, 2.24) is 10.3 Å². The first-order chi connectivity index (χ1) is 6.52. The van der Waals surface area contributed by atoms with Crippen LogP contribution in [0.3, 0.4) is 0 Å². The Labute approximate surface area is 82.1 Å². The Morgan fingerprint density at radius 2 is 2.14 bits per heavy atom. The fourth-order valence-corrected chi connectivity index (χ4v) is 1.25. The van der Waals surface area contributed by atoms with Gasteiger partial charge in [0.15, 0.2) is 0 Å². The molecule has 78 valence electrons. The lowest BCUT2D eigenvalue weighted by Gasteiger charge is -2.14. The number of carbonyl (C=O) groups is 1. The summed E-state index contributed by atoms with van der Waals surface area (Å²) in [6.45, 7) is 5.51. The molecule has 5 nitrogen and oxygen atoms in total. The lowest BCUT2D eigenvalue weighted by molar-refractivity contribution is -0.143. The quantitative estimate of drug-likeness (QED) is 0.788. The van der Waals surface area contributed by atoms with Crippen LogP contribution in [-0.2, 0) is 11.2 Å². The number of carboxylic acid groups (broad SMARTS) is 1. The highest BCUT2D eigenvalue weighted by Gasteiger charge is 2.24. The van der Waals surface area contributed by atoms with Gasteiger partial charge >= 0.3 is 5.97 Å². The molecule has 5 heteroatoms. The first-order valence-electron chi connectivity index (χ1n) is 4.53. The molecule has 0 radical (unpaired) electrons. The maximum Gasteiger partial charge on any atom is 0.307 e. The highest BCUT2D eigenvalue weighted by Crippen LogP contribution is 2.17. The topological polar surface area (TPSA) is 76.2 Å². The van der Waals surface area contributed by atoms with Crippen molar-refractivity contribution < 1.29 is 14.5 Å². The first-order valence-corrected chi connectivity index (χ1v) is 4.53. The average Bonchev–Trinajstić information content (AvgIpc) is 2.46. The van der Waals surface area contributed by atoms with Crippen LogP contribution in [0.5, 0.6) is 0 Å². The van der Waals surface area contributed by atoms with Gasteiger partial charge in [-0.2, -0.15) is 0 Å². The molecule has 0 aliphatic carbocycles. The summed E-state index contributed by atoms with van der Waals surface area (Å²) in [5.74, 6) is -1.16. The summed E-state index contributed by atoms with van der Waals surface area (Å²) in [5, 5.41) is 16.2. The van der Waals surface area contributed by atoms with E-state index in [4.69, 9.17) is 5.11 Å². The van der Waals surface area contributed by atoms with E-state index in [1.165, 1.54) is 0 Å². The minimum absolute atomic E-state index is 0.0728. The molecule has 14 heavy (non-hydrogen) atoms. The molecule has 0 saturated carbocycles. The van der Waals surface area contributed by atoms with E-state index < -0.39 is 11.9 Å². The third kappa shape index (κ3) is 2.31. The monoisotopic (exact) mass is 198 g/mol. The molecular formula is C9H14N2O3. The van der Waals surface area contributed by atoms with E-state index in [0.717, 1.165) is 0 Å². The number of aliphatic carboxylic acids is 1. The van der Waals surface area contributed by atoms with Crippen molar-refractivity contribution in [3.63, 3.8) is 0 Å². The molecule has 0 aliphatic heterocycles. The summed E-state index contributed by atoms with van der Waals surface area (Å²) in [7, 11) is 0. The van der Waals surface area contributed by atoms with Gasteiger partial charge in [-0.15, -0.1) is 0 Å². The van der Waals surface area contributed by atoms with Crippen LogP contribution in [0.2, 0.25) is 0 Å². The van der Waals surface area contributed by atoms with Crippen LogP contribution in [0.25, 0.3) is 0 Å². The Kier molecular flexibility index (Phi) is 3.22. The van der Waals surface area contributed by atoms with Crippen LogP contribution in [-0.4, -0.2) is 21.4 Å². The van der Waals surface area contributed by atoms with Gasteiger partial charge in [-0.3, -0.25) is 4.79 Å². The summed E-state index contributed by atoms with van der Waals surface area (Å²) in [6.07, 6.45) is 0.377. The van der Waals surface area contributed by atoms with Crippen molar-refractivity contribution in [1.29, 1.82) is 0 Å². The molecule has 1 rings (SSSR count). The van der Waals surface area contributed by atoms with Gasteiger partial charge in [-0.05, 0) is 12.8 Å². The predicted molar refractivity (Wildman–Crippen MR) is 48.7 cm³/mol. The number of hydrogen-bond donors (Lipinski definition) is 1. The summed E-state index contributed by atoms with van der Waals surface area (Å²) >= 11 is 0. The zero-order valence-corrected chi connectivity index (χ0v) is 8.52. The molecule has 1 aromatic heterocycles. The normalized spacial score (nSPS) is 13.1. The molecule has 0 bridgehead atoms. The van der Waals surface area contributed by atoms with Crippen LogP contribution < -0.4 is 0 Å². The van der Waals surface area contributed by atoms with Gasteiger partial charge in [0.05, 0.1) is 5.92 Å². The summed E-state index contributed by atoms with van der Waals surface area (Å²) < 4.78 is 4.51. The van der Waals surface area contributed by atoms with E-state index in [1.807, 2.05) is 13.8 Å². The number of hydrogen-bond acceptors (Lipinski definition) is 4. The van der Waals surface area contributed by atoms with Gasteiger partial charge in [0.25, 0.3) is 0 Å². The molecule has 1 N–H and O–H groups in total. The number of nitrogens with zero attached hydrogens (tertiary/aromatic N) is 2. The van der Waals surface area contributed by atoms with Gasteiger partial charge < -0.3 is 5.11 Å². The van der Waals surface area contributed by atoms with E-state index >= 15 is 0 Å². The van der Waals surface area contributed by atoms with E-state index in [1.54, 1.807) is 6.92 Å². The van der Waals surface area contributed by atoms with Crippen molar-refractivity contribution >= 4 is 5.97 Å². The van der Waals surface area contributed by atoms with Crippen LogP contribution >= 0.6 is 0 Å². The summed E-state index contributed by atoms with van der Waals surface area (Å²) in [5.41, 5.74) is 1.29. The first kappa shape index (κ1) is 10.7. The van der Waals surface area contributed by atoms with Gasteiger partial charge in [-0.25, -0.2) is 4.63 Å². The maximum atomic E-state index is 10.9. The summed E-state index contributed by atoms with van der Waals surface area (Å²) in [4.78, 5) is 10.9. The smallest absolute Gasteiger partial charge is 0.307 e. The second kappa shape index (κ2) is 4.21.